The number of carbonyl (C=O) groups is 1. The molecule has 0 heterocycles. The van der Waals surface area contributed by atoms with E-state index in [9.17, 15) is 13.6 Å². The van der Waals surface area contributed by atoms with Crippen LogP contribution in [0.25, 0.3) is 0 Å². The van der Waals surface area contributed by atoms with Crippen molar-refractivity contribution in [3.8, 4) is 0 Å². The highest BCUT2D eigenvalue weighted by atomic mass is 32.2. The van der Waals surface area contributed by atoms with Gasteiger partial charge in [0.1, 0.15) is 17.3 Å². The summed E-state index contributed by atoms with van der Waals surface area (Å²) in [6, 6.07) is 2.10. The molecule has 20 heavy (non-hydrogen) atoms. The maximum atomic E-state index is 13.7. The molecule has 0 spiro atoms. The monoisotopic (exact) mass is 302 g/mol. The average molecular weight is 302 g/mol. The molecule has 1 aromatic carbocycles. The van der Waals surface area contributed by atoms with Gasteiger partial charge in [-0.05, 0) is 31.7 Å². The summed E-state index contributed by atoms with van der Waals surface area (Å²) in [6.07, 6.45) is 2.81. The van der Waals surface area contributed by atoms with Gasteiger partial charge in [0, 0.05) is 23.9 Å². The quantitative estimate of drug-likeness (QED) is 0.812. The lowest BCUT2D eigenvalue weighted by molar-refractivity contribution is 0.0952. The number of benzene rings is 1. The zero-order chi connectivity index (χ0) is 15.1. The Kier molecular flexibility index (Phi) is 6.78. The van der Waals surface area contributed by atoms with Crippen LogP contribution in [0.2, 0.25) is 0 Å². The molecule has 0 bridgehead atoms. The van der Waals surface area contributed by atoms with Gasteiger partial charge < -0.3 is 10.6 Å². The second-order valence-electron chi connectivity index (χ2n) is 4.44. The topological polar surface area (TPSA) is 41.1 Å². The first-order chi connectivity index (χ1) is 9.49. The lowest BCUT2D eigenvalue weighted by atomic mass is 10.1. The van der Waals surface area contributed by atoms with E-state index in [1.165, 1.54) is 0 Å². The van der Waals surface area contributed by atoms with Gasteiger partial charge in [-0.2, -0.15) is 11.8 Å². The summed E-state index contributed by atoms with van der Waals surface area (Å²) in [5, 5.41) is 5.69. The highest BCUT2D eigenvalue weighted by Crippen LogP contribution is 2.20. The molecule has 3 nitrogen and oxygen atoms in total. The van der Waals surface area contributed by atoms with E-state index in [1.807, 2.05) is 6.26 Å². The summed E-state index contributed by atoms with van der Waals surface area (Å²) in [7, 11) is 0. The van der Waals surface area contributed by atoms with Crippen molar-refractivity contribution in [1.29, 1.82) is 0 Å². The van der Waals surface area contributed by atoms with Crippen LogP contribution in [-0.2, 0) is 0 Å². The average Bonchev–Trinajstić information content (AvgIpc) is 2.42. The van der Waals surface area contributed by atoms with Gasteiger partial charge in [0.15, 0.2) is 0 Å². The van der Waals surface area contributed by atoms with Crippen LogP contribution in [0.4, 0.5) is 14.5 Å². The molecule has 1 amide bonds. The molecule has 6 heteroatoms. The molecular formula is C14H20F2N2OS. The Labute approximate surface area is 122 Å². The van der Waals surface area contributed by atoms with Crippen LogP contribution in [0.3, 0.4) is 0 Å². The smallest absolute Gasteiger partial charge is 0.251 e. The van der Waals surface area contributed by atoms with Crippen molar-refractivity contribution in [1.82, 2.24) is 5.32 Å². The number of anilines is 1. The van der Waals surface area contributed by atoms with E-state index in [0.29, 0.717) is 18.3 Å². The summed E-state index contributed by atoms with van der Waals surface area (Å²) >= 11 is 1.70. The highest BCUT2D eigenvalue weighted by Gasteiger charge is 2.14. The maximum Gasteiger partial charge on any atom is 0.251 e. The number of amides is 1. The highest BCUT2D eigenvalue weighted by molar-refractivity contribution is 7.99. The second-order valence-corrected chi connectivity index (χ2v) is 5.71. The van der Waals surface area contributed by atoms with Gasteiger partial charge in [0.25, 0.3) is 5.91 Å². The summed E-state index contributed by atoms with van der Waals surface area (Å²) in [5.74, 6) is -1.97. The van der Waals surface area contributed by atoms with Crippen LogP contribution in [0, 0.1) is 11.6 Å². The van der Waals surface area contributed by atoms with E-state index >= 15 is 0 Å². The Balaban J connectivity index is 2.69. The van der Waals surface area contributed by atoms with E-state index < -0.39 is 17.5 Å². The Bertz CT molecular complexity index is 445. The molecule has 1 aromatic rings. The molecular weight excluding hydrogens is 282 g/mol. The zero-order valence-corrected chi connectivity index (χ0v) is 12.7. The maximum absolute atomic E-state index is 13.7. The summed E-state index contributed by atoms with van der Waals surface area (Å²) in [5.41, 5.74) is -0.196. The fourth-order valence-electron chi connectivity index (χ4n) is 1.66. The predicted molar refractivity (Wildman–Crippen MR) is 80.4 cm³/mol. The number of carbonyl (C=O) groups excluding carboxylic acids is 1. The minimum Gasteiger partial charge on any atom is -0.381 e. The fourth-order valence-corrected chi connectivity index (χ4v) is 2.01. The van der Waals surface area contributed by atoms with Crippen molar-refractivity contribution in [3.63, 3.8) is 0 Å². The molecule has 1 rings (SSSR count). The lowest BCUT2D eigenvalue weighted by Crippen LogP contribution is -2.26. The fraction of sp³-hybridized carbons (Fsp3) is 0.500. The van der Waals surface area contributed by atoms with E-state index in [1.54, 1.807) is 18.7 Å². The largest absolute Gasteiger partial charge is 0.381 e. The third-order valence-corrected chi connectivity index (χ3v) is 3.94. The first-order valence-corrected chi connectivity index (χ1v) is 7.82. The molecule has 0 saturated heterocycles. The zero-order valence-electron chi connectivity index (χ0n) is 11.9. The predicted octanol–water partition coefficient (Wildman–Crippen LogP) is 3.27. The molecule has 0 aliphatic rings. The summed E-state index contributed by atoms with van der Waals surface area (Å²) < 4.78 is 27.4. The van der Waals surface area contributed by atoms with Gasteiger partial charge in [0.2, 0.25) is 0 Å². The van der Waals surface area contributed by atoms with Gasteiger partial charge in [-0.1, -0.05) is 6.92 Å². The molecule has 0 aliphatic carbocycles. The van der Waals surface area contributed by atoms with Crippen molar-refractivity contribution >= 4 is 23.4 Å². The van der Waals surface area contributed by atoms with Gasteiger partial charge >= 0.3 is 0 Å². The number of nitrogens with one attached hydrogen (secondary N) is 2. The molecule has 112 valence electrons. The Morgan fingerprint density at radius 3 is 2.45 bits per heavy atom. The SMILES string of the molecule is CCNc1c(F)cc(C(=O)NCCC(C)SC)cc1F. The van der Waals surface area contributed by atoms with Gasteiger partial charge in [0.05, 0.1) is 0 Å². The number of thioether (sulfide) groups is 1. The van der Waals surface area contributed by atoms with E-state index in [0.717, 1.165) is 18.6 Å². The Morgan fingerprint density at radius 1 is 1.35 bits per heavy atom. The first-order valence-electron chi connectivity index (χ1n) is 6.53. The third kappa shape index (κ3) is 4.67. The van der Waals surface area contributed by atoms with E-state index in [2.05, 4.69) is 17.6 Å². The van der Waals surface area contributed by atoms with Crippen LogP contribution in [0.15, 0.2) is 12.1 Å². The van der Waals surface area contributed by atoms with E-state index in [-0.39, 0.29) is 11.3 Å². The van der Waals surface area contributed by atoms with Crippen LogP contribution in [0.5, 0.6) is 0 Å². The molecule has 0 fully saturated rings. The summed E-state index contributed by atoms with van der Waals surface area (Å²) in [4.78, 5) is 11.8. The Morgan fingerprint density at radius 2 is 1.95 bits per heavy atom. The number of hydrogen-bond acceptors (Lipinski definition) is 3. The van der Waals surface area contributed by atoms with Crippen LogP contribution >= 0.6 is 11.8 Å². The van der Waals surface area contributed by atoms with Gasteiger partial charge in [-0.25, -0.2) is 8.78 Å². The van der Waals surface area contributed by atoms with Crippen LogP contribution < -0.4 is 10.6 Å². The normalized spacial score (nSPS) is 12.1. The van der Waals surface area contributed by atoms with Crippen LogP contribution in [0.1, 0.15) is 30.6 Å². The van der Waals surface area contributed by atoms with Crippen molar-refractivity contribution < 1.29 is 13.6 Å². The number of rotatable bonds is 7. The van der Waals surface area contributed by atoms with Crippen molar-refractivity contribution in [2.45, 2.75) is 25.5 Å². The summed E-state index contributed by atoms with van der Waals surface area (Å²) in [6.45, 7) is 4.69. The third-order valence-electron chi connectivity index (χ3n) is 2.90. The lowest BCUT2D eigenvalue weighted by Gasteiger charge is -2.11. The van der Waals surface area contributed by atoms with Crippen molar-refractivity contribution in [2.75, 3.05) is 24.7 Å². The molecule has 0 radical (unpaired) electrons. The second kappa shape index (κ2) is 8.09. The number of hydrogen-bond donors (Lipinski definition) is 2. The first kappa shape index (κ1) is 16.8. The van der Waals surface area contributed by atoms with Crippen molar-refractivity contribution in [3.05, 3.63) is 29.3 Å². The minimum absolute atomic E-state index is 0.00143. The molecule has 0 aromatic heterocycles. The molecule has 1 unspecified atom stereocenters. The minimum atomic E-state index is -0.755. The number of halogens is 2. The molecule has 0 aliphatic heterocycles. The standard InChI is InChI=1S/C14H20F2N2OS/c1-4-17-13-11(15)7-10(8-12(13)16)14(19)18-6-5-9(2)20-3/h7-9,17H,4-6H2,1-3H3,(H,18,19). The van der Waals surface area contributed by atoms with Crippen molar-refractivity contribution in [2.24, 2.45) is 0 Å². The van der Waals surface area contributed by atoms with Gasteiger partial charge in [-0.3, -0.25) is 4.79 Å². The van der Waals surface area contributed by atoms with Gasteiger partial charge in [-0.15, -0.1) is 0 Å². The molecule has 2 N–H and O–H groups in total. The molecule has 1 atom stereocenters. The Hall–Kier alpha value is -1.30. The van der Waals surface area contributed by atoms with Crippen LogP contribution in [-0.4, -0.2) is 30.5 Å². The molecule has 0 saturated carbocycles. The van der Waals surface area contributed by atoms with E-state index in [4.69, 9.17) is 0 Å².